The van der Waals surface area contributed by atoms with Gasteiger partial charge < -0.3 is 10.2 Å². The molecule has 0 saturated carbocycles. The molecule has 1 aliphatic heterocycles. The summed E-state index contributed by atoms with van der Waals surface area (Å²) in [5, 5.41) is 2.92. The third kappa shape index (κ3) is 4.05. The van der Waals surface area contributed by atoms with Crippen molar-refractivity contribution >= 4 is 17.5 Å². The van der Waals surface area contributed by atoms with E-state index >= 15 is 0 Å². The van der Waals surface area contributed by atoms with Crippen LogP contribution in [-0.4, -0.2) is 33.3 Å². The number of carbonyl (C=O) groups excluding carboxylic acids is 2. The van der Waals surface area contributed by atoms with E-state index in [1.165, 1.54) is 5.56 Å². The van der Waals surface area contributed by atoms with Gasteiger partial charge in [0.25, 0.3) is 0 Å². The van der Waals surface area contributed by atoms with E-state index in [1.807, 2.05) is 44.2 Å². The van der Waals surface area contributed by atoms with Gasteiger partial charge in [0.1, 0.15) is 0 Å². The number of rotatable bonds is 5. The van der Waals surface area contributed by atoms with E-state index in [2.05, 4.69) is 20.3 Å². The molecule has 2 aromatic heterocycles. The number of nitrogens with one attached hydrogen (secondary N) is 1. The molecular formula is C23H23N5O2. The highest BCUT2D eigenvalue weighted by molar-refractivity contribution is 6.00. The van der Waals surface area contributed by atoms with Gasteiger partial charge >= 0.3 is 0 Å². The van der Waals surface area contributed by atoms with Gasteiger partial charge in [-0.1, -0.05) is 6.07 Å². The summed E-state index contributed by atoms with van der Waals surface area (Å²) in [5.41, 5.74) is 5.32. The van der Waals surface area contributed by atoms with E-state index < -0.39 is 5.92 Å². The quantitative estimate of drug-likeness (QED) is 0.710. The van der Waals surface area contributed by atoms with Crippen LogP contribution in [0.2, 0.25) is 0 Å². The first-order valence-corrected chi connectivity index (χ1v) is 9.88. The lowest BCUT2D eigenvalue weighted by Gasteiger charge is -2.18. The number of aryl methyl sites for hydroxylation is 2. The molecule has 0 radical (unpaired) electrons. The Morgan fingerprint density at radius 3 is 2.73 bits per heavy atom. The number of pyridine rings is 1. The number of benzene rings is 1. The Balaban J connectivity index is 1.43. The Morgan fingerprint density at radius 1 is 1.13 bits per heavy atom. The van der Waals surface area contributed by atoms with Gasteiger partial charge in [-0.05, 0) is 49.2 Å². The Labute approximate surface area is 175 Å². The fraction of sp³-hybridized carbons (Fsp3) is 0.261. The number of nitrogens with zero attached hydrogens (tertiary/aromatic N) is 4. The van der Waals surface area contributed by atoms with Gasteiger partial charge in [-0.2, -0.15) is 0 Å². The van der Waals surface area contributed by atoms with Crippen molar-refractivity contribution in [3.05, 3.63) is 71.9 Å². The van der Waals surface area contributed by atoms with Crippen LogP contribution < -0.4 is 10.2 Å². The molecule has 3 aromatic rings. The van der Waals surface area contributed by atoms with Crippen LogP contribution in [0.25, 0.3) is 11.3 Å². The monoisotopic (exact) mass is 401 g/mol. The lowest BCUT2D eigenvalue weighted by Crippen LogP contribution is -2.33. The van der Waals surface area contributed by atoms with Crippen LogP contribution in [0.3, 0.4) is 0 Å². The first kappa shape index (κ1) is 19.7. The Kier molecular flexibility index (Phi) is 5.52. The zero-order valence-corrected chi connectivity index (χ0v) is 17.0. The summed E-state index contributed by atoms with van der Waals surface area (Å²) in [6.07, 6.45) is 6.83. The average Bonchev–Trinajstić information content (AvgIpc) is 3.16. The number of carbonyl (C=O) groups is 2. The van der Waals surface area contributed by atoms with Crippen LogP contribution in [0.4, 0.5) is 5.69 Å². The van der Waals surface area contributed by atoms with Crippen molar-refractivity contribution in [1.29, 1.82) is 0 Å². The molecule has 30 heavy (non-hydrogen) atoms. The summed E-state index contributed by atoms with van der Waals surface area (Å²) in [5.74, 6) is -0.580. The minimum Gasteiger partial charge on any atom is -0.350 e. The van der Waals surface area contributed by atoms with Crippen LogP contribution in [-0.2, 0) is 16.1 Å². The molecule has 1 aromatic carbocycles. The van der Waals surface area contributed by atoms with Crippen LogP contribution in [0, 0.1) is 19.8 Å². The number of hydrogen-bond acceptors (Lipinski definition) is 5. The first-order chi connectivity index (χ1) is 14.5. The van der Waals surface area contributed by atoms with Crippen molar-refractivity contribution < 1.29 is 9.59 Å². The summed E-state index contributed by atoms with van der Waals surface area (Å²) in [7, 11) is 0. The van der Waals surface area contributed by atoms with Crippen molar-refractivity contribution in [2.45, 2.75) is 26.8 Å². The molecule has 1 fully saturated rings. The van der Waals surface area contributed by atoms with Crippen LogP contribution in [0.15, 0.2) is 55.1 Å². The van der Waals surface area contributed by atoms with E-state index in [9.17, 15) is 9.59 Å². The number of anilines is 1. The van der Waals surface area contributed by atoms with E-state index in [0.717, 1.165) is 16.8 Å². The smallest absolute Gasteiger partial charge is 0.227 e. The second-order valence-corrected chi connectivity index (χ2v) is 7.49. The molecular weight excluding hydrogens is 378 g/mol. The maximum atomic E-state index is 12.8. The summed E-state index contributed by atoms with van der Waals surface area (Å²) < 4.78 is 0. The number of aromatic nitrogens is 3. The molecule has 7 heteroatoms. The van der Waals surface area contributed by atoms with Crippen molar-refractivity contribution in [2.24, 2.45) is 5.92 Å². The topological polar surface area (TPSA) is 88.1 Å². The largest absolute Gasteiger partial charge is 0.350 e. The van der Waals surface area contributed by atoms with Crippen molar-refractivity contribution in [3.63, 3.8) is 0 Å². The molecule has 1 aliphatic rings. The third-order valence-corrected chi connectivity index (χ3v) is 5.44. The summed E-state index contributed by atoms with van der Waals surface area (Å²) in [6.45, 7) is 4.67. The number of hydrogen-bond donors (Lipinski definition) is 1. The van der Waals surface area contributed by atoms with E-state index in [4.69, 9.17) is 0 Å². The van der Waals surface area contributed by atoms with Crippen molar-refractivity contribution in [3.8, 4) is 11.3 Å². The maximum absolute atomic E-state index is 12.8. The van der Waals surface area contributed by atoms with Gasteiger partial charge in [-0.25, -0.2) is 0 Å². The molecule has 0 aliphatic carbocycles. The molecule has 1 atom stereocenters. The van der Waals surface area contributed by atoms with Gasteiger partial charge in [0.05, 0.1) is 23.9 Å². The van der Waals surface area contributed by atoms with Crippen molar-refractivity contribution in [1.82, 2.24) is 20.3 Å². The highest BCUT2D eigenvalue weighted by Gasteiger charge is 2.35. The molecule has 0 spiro atoms. The molecule has 1 saturated heterocycles. The summed E-state index contributed by atoms with van der Waals surface area (Å²) in [6, 6.07) is 9.66. The lowest BCUT2D eigenvalue weighted by atomic mass is 10.1. The standard InChI is InChI=1S/C23H23N5O2/c1-15-5-6-19(10-16(15)2)28-14-18(11-21(28)29)23(30)27-13-20-22(26-9-8-25-20)17-4-3-7-24-12-17/h3-10,12,18H,11,13-14H2,1-2H3,(H,27,30). The molecule has 3 heterocycles. The van der Waals surface area contributed by atoms with Gasteiger partial charge in [0.15, 0.2) is 0 Å². The molecule has 1 N–H and O–H groups in total. The fourth-order valence-electron chi connectivity index (χ4n) is 3.58. The average molecular weight is 401 g/mol. The van der Waals surface area contributed by atoms with Crippen LogP contribution in [0.1, 0.15) is 23.2 Å². The zero-order valence-electron chi connectivity index (χ0n) is 17.0. The van der Waals surface area contributed by atoms with Gasteiger partial charge in [-0.15, -0.1) is 0 Å². The highest BCUT2D eigenvalue weighted by atomic mass is 16.2. The molecule has 152 valence electrons. The van der Waals surface area contributed by atoms with Gasteiger partial charge in [-0.3, -0.25) is 24.5 Å². The Hall–Kier alpha value is -3.61. The Morgan fingerprint density at radius 2 is 1.97 bits per heavy atom. The van der Waals surface area contributed by atoms with Crippen LogP contribution in [0.5, 0.6) is 0 Å². The molecule has 4 rings (SSSR count). The molecule has 0 bridgehead atoms. The van der Waals surface area contributed by atoms with E-state index in [-0.39, 0.29) is 24.8 Å². The first-order valence-electron chi connectivity index (χ1n) is 9.88. The normalized spacial score (nSPS) is 16.0. The fourth-order valence-corrected chi connectivity index (χ4v) is 3.58. The molecule has 7 nitrogen and oxygen atoms in total. The maximum Gasteiger partial charge on any atom is 0.227 e. The minimum atomic E-state index is -0.391. The molecule has 1 unspecified atom stereocenters. The lowest BCUT2D eigenvalue weighted by molar-refractivity contribution is -0.126. The van der Waals surface area contributed by atoms with Gasteiger partial charge in [0.2, 0.25) is 11.8 Å². The second kappa shape index (κ2) is 8.41. The summed E-state index contributed by atoms with van der Waals surface area (Å²) >= 11 is 0. The highest BCUT2D eigenvalue weighted by Crippen LogP contribution is 2.27. The second-order valence-electron chi connectivity index (χ2n) is 7.49. The predicted octanol–water partition coefficient (Wildman–Crippen LogP) is 2.82. The minimum absolute atomic E-state index is 0.0334. The van der Waals surface area contributed by atoms with E-state index in [0.29, 0.717) is 17.9 Å². The Bertz CT molecular complexity index is 1080. The predicted molar refractivity (Wildman–Crippen MR) is 113 cm³/mol. The van der Waals surface area contributed by atoms with Crippen LogP contribution >= 0.6 is 0 Å². The summed E-state index contributed by atoms with van der Waals surface area (Å²) in [4.78, 5) is 39.8. The van der Waals surface area contributed by atoms with Crippen molar-refractivity contribution in [2.75, 3.05) is 11.4 Å². The van der Waals surface area contributed by atoms with Gasteiger partial charge in [0, 0.05) is 49.0 Å². The molecule has 2 amide bonds. The number of amides is 2. The van der Waals surface area contributed by atoms with E-state index in [1.54, 1.807) is 29.7 Å². The zero-order chi connectivity index (χ0) is 21.1. The third-order valence-electron chi connectivity index (χ3n) is 5.44. The SMILES string of the molecule is Cc1ccc(N2CC(C(=O)NCc3nccnc3-c3cccnc3)CC2=O)cc1C.